The molecule has 0 saturated heterocycles. The standard InChI is InChI=1S/C27H40F2O/c1-3-7-20-10-12-21(13-11-20)8-5-6-9-22-14-16-23(17-15-22)24-18-19-25(30-4-2)27(29)26(24)28/h5,8,18-23H,3-4,6-7,9-17H2,1-2H3/b8-5+. The fourth-order valence-corrected chi connectivity index (χ4v) is 5.59. The van der Waals surface area contributed by atoms with E-state index >= 15 is 0 Å². The highest BCUT2D eigenvalue weighted by molar-refractivity contribution is 5.33. The van der Waals surface area contributed by atoms with Crippen molar-refractivity contribution in [1.82, 2.24) is 0 Å². The Morgan fingerprint density at radius 2 is 1.53 bits per heavy atom. The molecule has 0 unspecified atom stereocenters. The molecule has 30 heavy (non-hydrogen) atoms. The fourth-order valence-electron chi connectivity index (χ4n) is 5.59. The highest BCUT2D eigenvalue weighted by Gasteiger charge is 2.26. The molecule has 0 spiro atoms. The molecule has 0 heterocycles. The molecule has 0 N–H and O–H groups in total. The molecule has 3 heteroatoms. The Kier molecular flexibility index (Phi) is 9.21. The minimum Gasteiger partial charge on any atom is -0.491 e. The van der Waals surface area contributed by atoms with E-state index in [-0.39, 0.29) is 11.7 Å². The van der Waals surface area contributed by atoms with Crippen molar-refractivity contribution < 1.29 is 13.5 Å². The molecule has 168 valence electrons. The Bertz CT molecular complexity index is 668. The first-order valence-electron chi connectivity index (χ1n) is 12.4. The molecule has 2 aliphatic carbocycles. The normalized spacial score (nSPS) is 27.5. The molecule has 2 saturated carbocycles. The molecule has 0 atom stereocenters. The summed E-state index contributed by atoms with van der Waals surface area (Å²) in [5.41, 5.74) is 0.535. The van der Waals surface area contributed by atoms with Crippen LogP contribution in [0.1, 0.15) is 102 Å². The smallest absolute Gasteiger partial charge is 0.200 e. The van der Waals surface area contributed by atoms with Crippen LogP contribution in [0.2, 0.25) is 0 Å². The first kappa shape index (κ1) is 23.3. The van der Waals surface area contributed by atoms with Gasteiger partial charge < -0.3 is 4.74 Å². The van der Waals surface area contributed by atoms with Gasteiger partial charge in [0.25, 0.3) is 0 Å². The number of ether oxygens (including phenoxy) is 1. The molecule has 1 aromatic rings. The molecular formula is C27H40F2O. The average Bonchev–Trinajstić information content (AvgIpc) is 2.77. The van der Waals surface area contributed by atoms with Gasteiger partial charge in [-0.2, -0.15) is 4.39 Å². The van der Waals surface area contributed by atoms with Crippen LogP contribution >= 0.6 is 0 Å². The van der Waals surface area contributed by atoms with Crippen molar-refractivity contribution in [2.24, 2.45) is 17.8 Å². The van der Waals surface area contributed by atoms with E-state index in [9.17, 15) is 8.78 Å². The summed E-state index contributed by atoms with van der Waals surface area (Å²) in [4.78, 5) is 0. The predicted octanol–water partition coefficient (Wildman–Crippen LogP) is 8.58. The average molecular weight is 419 g/mol. The zero-order valence-corrected chi connectivity index (χ0v) is 19.0. The summed E-state index contributed by atoms with van der Waals surface area (Å²) in [5.74, 6) is 1.13. The Hall–Kier alpha value is -1.38. The lowest BCUT2D eigenvalue weighted by atomic mass is 9.77. The van der Waals surface area contributed by atoms with Crippen molar-refractivity contribution in [3.05, 3.63) is 41.5 Å². The maximum absolute atomic E-state index is 14.5. The number of rotatable bonds is 9. The Morgan fingerprint density at radius 1 is 0.867 bits per heavy atom. The van der Waals surface area contributed by atoms with Gasteiger partial charge in [-0.05, 0) is 106 Å². The largest absolute Gasteiger partial charge is 0.491 e. The van der Waals surface area contributed by atoms with E-state index in [1.807, 2.05) is 0 Å². The summed E-state index contributed by atoms with van der Waals surface area (Å²) in [6, 6.07) is 3.32. The van der Waals surface area contributed by atoms with E-state index < -0.39 is 11.6 Å². The van der Waals surface area contributed by atoms with Crippen LogP contribution in [0.3, 0.4) is 0 Å². The quantitative estimate of drug-likeness (QED) is 0.365. The van der Waals surface area contributed by atoms with Crippen LogP contribution in [0.5, 0.6) is 5.75 Å². The molecule has 0 bridgehead atoms. The highest BCUT2D eigenvalue weighted by atomic mass is 19.2. The summed E-state index contributed by atoms with van der Waals surface area (Å²) in [5, 5.41) is 0. The van der Waals surface area contributed by atoms with Crippen molar-refractivity contribution in [3.63, 3.8) is 0 Å². The molecule has 2 fully saturated rings. The zero-order chi connectivity index (χ0) is 21.3. The third kappa shape index (κ3) is 6.31. The zero-order valence-electron chi connectivity index (χ0n) is 19.0. The van der Waals surface area contributed by atoms with Crippen molar-refractivity contribution in [1.29, 1.82) is 0 Å². The number of benzene rings is 1. The van der Waals surface area contributed by atoms with Gasteiger partial charge in [-0.15, -0.1) is 0 Å². The van der Waals surface area contributed by atoms with Gasteiger partial charge in [-0.25, -0.2) is 4.39 Å². The van der Waals surface area contributed by atoms with Crippen LogP contribution < -0.4 is 4.74 Å². The van der Waals surface area contributed by atoms with Gasteiger partial charge in [0, 0.05) is 0 Å². The van der Waals surface area contributed by atoms with E-state index in [0.717, 1.165) is 49.9 Å². The van der Waals surface area contributed by atoms with Gasteiger partial charge >= 0.3 is 0 Å². The number of allylic oxidation sites excluding steroid dienone is 2. The second-order valence-corrected chi connectivity index (χ2v) is 9.51. The topological polar surface area (TPSA) is 9.23 Å². The minimum atomic E-state index is -0.828. The second-order valence-electron chi connectivity index (χ2n) is 9.51. The molecule has 3 rings (SSSR count). The Morgan fingerprint density at radius 3 is 2.20 bits per heavy atom. The first-order chi connectivity index (χ1) is 14.6. The summed E-state index contributed by atoms with van der Waals surface area (Å²) < 4.78 is 33.9. The number of hydrogen-bond donors (Lipinski definition) is 0. The second kappa shape index (κ2) is 11.9. The molecule has 0 aromatic heterocycles. The van der Waals surface area contributed by atoms with E-state index in [1.165, 1.54) is 44.9 Å². The summed E-state index contributed by atoms with van der Waals surface area (Å²) in [6.45, 7) is 4.42. The Labute approximate surface area is 182 Å². The minimum absolute atomic E-state index is 0.0260. The maximum Gasteiger partial charge on any atom is 0.200 e. The Balaban J connectivity index is 1.39. The SMILES string of the molecule is CCCC1CCC(/C=C/CCC2CCC(c3ccc(OCC)c(F)c3F)CC2)CC1. The molecule has 0 radical (unpaired) electrons. The number of halogens is 2. The van der Waals surface area contributed by atoms with Gasteiger partial charge in [0.1, 0.15) is 0 Å². The van der Waals surface area contributed by atoms with Gasteiger partial charge in [-0.1, -0.05) is 38.0 Å². The van der Waals surface area contributed by atoms with E-state index in [4.69, 9.17) is 4.74 Å². The third-order valence-electron chi connectivity index (χ3n) is 7.40. The molecule has 0 amide bonds. The van der Waals surface area contributed by atoms with Crippen molar-refractivity contribution in [2.45, 2.75) is 96.8 Å². The highest BCUT2D eigenvalue weighted by Crippen LogP contribution is 2.40. The van der Waals surface area contributed by atoms with E-state index in [0.29, 0.717) is 12.2 Å². The van der Waals surface area contributed by atoms with Gasteiger partial charge in [0.05, 0.1) is 6.61 Å². The molecular weight excluding hydrogens is 378 g/mol. The monoisotopic (exact) mass is 418 g/mol. The van der Waals surface area contributed by atoms with Crippen LogP contribution in [0.25, 0.3) is 0 Å². The van der Waals surface area contributed by atoms with Crippen LogP contribution in [0, 0.1) is 29.4 Å². The predicted molar refractivity (Wildman–Crippen MR) is 121 cm³/mol. The van der Waals surface area contributed by atoms with Crippen molar-refractivity contribution in [2.75, 3.05) is 6.61 Å². The lowest BCUT2D eigenvalue weighted by Gasteiger charge is -2.29. The van der Waals surface area contributed by atoms with Gasteiger partial charge in [0.2, 0.25) is 5.82 Å². The maximum atomic E-state index is 14.5. The van der Waals surface area contributed by atoms with E-state index in [2.05, 4.69) is 19.1 Å². The lowest BCUT2D eigenvalue weighted by molar-refractivity contribution is 0.292. The van der Waals surface area contributed by atoms with Crippen LogP contribution in [-0.2, 0) is 0 Å². The number of hydrogen-bond acceptors (Lipinski definition) is 1. The molecule has 1 nitrogen and oxygen atoms in total. The summed E-state index contributed by atoms with van der Waals surface area (Å²) in [6.07, 6.45) is 19.7. The third-order valence-corrected chi connectivity index (χ3v) is 7.40. The van der Waals surface area contributed by atoms with Crippen molar-refractivity contribution >= 4 is 0 Å². The van der Waals surface area contributed by atoms with Crippen molar-refractivity contribution in [3.8, 4) is 5.75 Å². The fraction of sp³-hybridized carbons (Fsp3) is 0.704. The van der Waals surface area contributed by atoms with E-state index in [1.54, 1.807) is 19.1 Å². The molecule has 0 aliphatic heterocycles. The molecule has 1 aromatic carbocycles. The summed E-state index contributed by atoms with van der Waals surface area (Å²) >= 11 is 0. The van der Waals surface area contributed by atoms with Crippen LogP contribution in [0.15, 0.2) is 24.3 Å². The molecule has 2 aliphatic rings. The van der Waals surface area contributed by atoms with Gasteiger partial charge in [-0.3, -0.25) is 0 Å². The lowest BCUT2D eigenvalue weighted by Crippen LogP contribution is -2.15. The van der Waals surface area contributed by atoms with Crippen LogP contribution in [0.4, 0.5) is 8.78 Å². The van der Waals surface area contributed by atoms with Crippen LogP contribution in [-0.4, -0.2) is 6.61 Å². The van der Waals surface area contributed by atoms with Gasteiger partial charge in [0.15, 0.2) is 11.6 Å². The first-order valence-corrected chi connectivity index (χ1v) is 12.4. The summed E-state index contributed by atoms with van der Waals surface area (Å²) in [7, 11) is 0.